The SMILES string of the molecule is CC(C)(CNC(=O)c1csc(CNC(=O)OCC2c3ccccc3-c3ccccc32)n1)C(=O)O. The van der Waals surface area contributed by atoms with E-state index < -0.39 is 23.4 Å². The average molecular weight is 480 g/mol. The molecule has 8 nitrogen and oxygen atoms in total. The lowest BCUT2D eigenvalue weighted by Gasteiger charge is -2.18. The molecule has 1 aliphatic carbocycles. The Morgan fingerprint density at radius 2 is 1.65 bits per heavy atom. The van der Waals surface area contributed by atoms with E-state index in [0.29, 0.717) is 5.01 Å². The molecule has 3 N–H and O–H groups in total. The number of fused-ring (bicyclic) bond motifs is 3. The molecule has 4 rings (SSSR count). The summed E-state index contributed by atoms with van der Waals surface area (Å²) in [5.74, 6) is -1.49. The lowest BCUT2D eigenvalue weighted by molar-refractivity contribution is -0.146. The van der Waals surface area contributed by atoms with Gasteiger partial charge in [0.1, 0.15) is 17.3 Å². The first-order valence-corrected chi connectivity index (χ1v) is 11.7. The third kappa shape index (κ3) is 4.94. The second-order valence-electron chi connectivity index (χ2n) is 8.68. The molecule has 0 saturated heterocycles. The van der Waals surface area contributed by atoms with Crippen LogP contribution in [0.3, 0.4) is 0 Å². The zero-order chi connectivity index (χ0) is 24.3. The first kappa shape index (κ1) is 23.4. The molecule has 0 bridgehead atoms. The van der Waals surface area contributed by atoms with Crippen molar-refractivity contribution in [3.63, 3.8) is 0 Å². The molecule has 0 aliphatic heterocycles. The van der Waals surface area contributed by atoms with E-state index in [4.69, 9.17) is 9.84 Å². The zero-order valence-electron chi connectivity index (χ0n) is 18.8. The predicted octanol–water partition coefficient (Wildman–Crippen LogP) is 4.02. The Bertz CT molecular complexity index is 1190. The van der Waals surface area contributed by atoms with E-state index in [1.54, 1.807) is 5.38 Å². The number of carbonyl (C=O) groups excluding carboxylic acids is 2. The number of hydrogen-bond acceptors (Lipinski definition) is 6. The topological polar surface area (TPSA) is 118 Å². The summed E-state index contributed by atoms with van der Waals surface area (Å²) in [4.78, 5) is 39.9. The van der Waals surface area contributed by atoms with E-state index in [9.17, 15) is 14.4 Å². The van der Waals surface area contributed by atoms with Gasteiger partial charge in [-0.25, -0.2) is 9.78 Å². The first-order valence-electron chi connectivity index (χ1n) is 10.8. The number of thiazole rings is 1. The van der Waals surface area contributed by atoms with E-state index >= 15 is 0 Å². The van der Waals surface area contributed by atoms with Gasteiger partial charge in [-0.2, -0.15) is 0 Å². The maximum Gasteiger partial charge on any atom is 0.407 e. The number of nitrogens with one attached hydrogen (secondary N) is 2. The van der Waals surface area contributed by atoms with Crippen LogP contribution in [0.5, 0.6) is 0 Å². The van der Waals surface area contributed by atoms with Crippen LogP contribution in [0.1, 0.15) is 46.4 Å². The molecule has 0 spiro atoms. The summed E-state index contributed by atoms with van der Waals surface area (Å²) in [5, 5.41) is 16.5. The Balaban J connectivity index is 1.29. The zero-order valence-corrected chi connectivity index (χ0v) is 19.6. The summed E-state index contributed by atoms with van der Waals surface area (Å²) in [6.07, 6.45) is -0.564. The molecule has 9 heteroatoms. The molecule has 0 atom stereocenters. The Morgan fingerprint density at radius 3 is 2.26 bits per heavy atom. The minimum Gasteiger partial charge on any atom is -0.481 e. The summed E-state index contributed by atoms with van der Waals surface area (Å²) in [6, 6.07) is 16.2. The molecule has 1 aliphatic rings. The van der Waals surface area contributed by atoms with Crippen LogP contribution < -0.4 is 10.6 Å². The number of carboxylic acids is 1. The van der Waals surface area contributed by atoms with Gasteiger partial charge in [0.15, 0.2) is 0 Å². The normalized spacial score (nSPS) is 12.5. The molecule has 1 heterocycles. The van der Waals surface area contributed by atoms with E-state index in [-0.39, 0.29) is 31.3 Å². The Morgan fingerprint density at radius 1 is 1.03 bits per heavy atom. The molecule has 0 fully saturated rings. The van der Waals surface area contributed by atoms with Crippen molar-refractivity contribution >= 4 is 29.3 Å². The number of carboxylic acid groups (broad SMARTS) is 1. The molecule has 34 heavy (non-hydrogen) atoms. The standard InChI is InChI=1S/C25H25N3O5S/c1-25(2,23(30)31)14-27-22(29)20-13-34-21(28-20)11-26-24(32)33-12-19-17-9-5-3-7-15(17)16-8-4-6-10-18(16)19/h3-10,13,19H,11-12,14H2,1-2H3,(H,26,32)(H,27,29)(H,30,31). The Kier molecular flexibility index (Phi) is 6.65. The maximum atomic E-state index is 12.3. The fourth-order valence-corrected chi connectivity index (χ4v) is 4.47. The second kappa shape index (κ2) is 9.64. The predicted molar refractivity (Wildman–Crippen MR) is 128 cm³/mol. The van der Waals surface area contributed by atoms with Crippen LogP contribution in [0.2, 0.25) is 0 Å². The van der Waals surface area contributed by atoms with Gasteiger partial charge in [0.05, 0.1) is 12.0 Å². The minimum absolute atomic E-state index is 0.0218. The minimum atomic E-state index is -1.08. The average Bonchev–Trinajstić information content (AvgIpc) is 3.43. The van der Waals surface area contributed by atoms with Gasteiger partial charge in [-0.1, -0.05) is 48.5 Å². The molecule has 0 unspecified atom stereocenters. The number of amides is 2. The van der Waals surface area contributed by atoms with E-state index in [1.807, 2.05) is 24.3 Å². The number of aliphatic carboxylic acids is 1. The van der Waals surface area contributed by atoms with Crippen LogP contribution in [0.4, 0.5) is 4.79 Å². The summed E-state index contributed by atoms with van der Waals surface area (Å²) >= 11 is 1.23. The van der Waals surface area contributed by atoms with Gasteiger partial charge in [0, 0.05) is 17.8 Å². The van der Waals surface area contributed by atoms with E-state index in [2.05, 4.69) is 39.9 Å². The summed E-state index contributed by atoms with van der Waals surface area (Å²) in [6.45, 7) is 3.37. The fraction of sp³-hybridized carbons (Fsp3) is 0.280. The van der Waals surface area contributed by atoms with Crippen molar-refractivity contribution in [2.24, 2.45) is 5.41 Å². The number of alkyl carbamates (subject to hydrolysis) is 1. The van der Waals surface area contributed by atoms with Crippen LogP contribution in [0.15, 0.2) is 53.9 Å². The van der Waals surface area contributed by atoms with Crippen molar-refractivity contribution in [1.29, 1.82) is 0 Å². The highest BCUT2D eigenvalue weighted by atomic mass is 32.1. The summed E-state index contributed by atoms with van der Waals surface area (Å²) in [5.41, 5.74) is 3.69. The summed E-state index contributed by atoms with van der Waals surface area (Å²) in [7, 11) is 0. The molecular formula is C25H25N3O5S. The van der Waals surface area contributed by atoms with Crippen molar-refractivity contribution < 1.29 is 24.2 Å². The molecular weight excluding hydrogens is 454 g/mol. The van der Waals surface area contributed by atoms with Gasteiger partial charge < -0.3 is 20.5 Å². The lowest BCUT2D eigenvalue weighted by atomic mass is 9.94. The largest absolute Gasteiger partial charge is 0.481 e. The van der Waals surface area contributed by atoms with Gasteiger partial charge >= 0.3 is 12.1 Å². The number of hydrogen-bond donors (Lipinski definition) is 3. The smallest absolute Gasteiger partial charge is 0.407 e. The molecule has 2 amide bonds. The van der Waals surface area contributed by atoms with E-state index in [0.717, 1.165) is 22.3 Å². The van der Waals surface area contributed by atoms with Crippen LogP contribution in [-0.4, -0.2) is 41.2 Å². The monoisotopic (exact) mass is 479 g/mol. The van der Waals surface area contributed by atoms with Crippen molar-refractivity contribution in [3.8, 4) is 11.1 Å². The van der Waals surface area contributed by atoms with Crippen LogP contribution in [0.25, 0.3) is 11.1 Å². The molecule has 3 aromatic rings. The lowest BCUT2D eigenvalue weighted by Crippen LogP contribution is -2.39. The number of aromatic nitrogens is 1. The highest BCUT2D eigenvalue weighted by molar-refractivity contribution is 7.09. The van der Waals surface area contributed by atoms with Gasteiger partial charge in [-0.05, 0) is 36.1 Å². The maximum absolute atomic E-state index is 12.3. The highest BCUT2D eigenvalue weighted by Gasteiger charge is 2.29. The third-order valence-corrected chi connectivity index (χ3v) is 6.63. The summed E-state index contributed by atoms with van der Waals surface area (Å²) < 4.78 is 5.51. The van der Waals surface area contributed by atoms with Crippen LogP contribution in [-0.2, 0) is 16.1 Å². The molecule has 2 aromatic carbocycles. The van der Waals surface area contributed by atoms with Gasteiger partial charge in [0.25, 0.3) is 5.91 Å². The molecule has 1 aromatic heterocycles. The first-order chi connectivity index (χ1) is 16.3. The second-order valence-corrected chi connectivity index (χ2v) is 9.62. The molecule has 0 saturated carbocycles. The Labute approximate surface area is 201 Å². The van der Waals surface area contributed by atoms with Crippen LogP contribution >= 0.6 is 11.3 Å². The van der Waals surface area contributed by atoms with Crippen molar-refractivity contribution in [2.75, 3.05) is 13.2 Å². The Hall–Kier alpha value is -3.72. The van der Waals surface area contributed by atoms with Crippen molar-refractivity contribution in [1.82, 2.24) is 15.6 Å². The number of ether oxygens (including phenoxy) is 1. The van der Waals surface area contributed by atoms with Gasteiger partial charge in [0.2, 0.25) is 0 Å². The molecule has 176 valence electrons. The third-order valence-electron chi connectivity index (χ3n) is 5.78. The number of rotatable bonds is 8. The molecule has 0 radical (unpaired) electrons. The quantitative estimate of drug-likeness (QED) is 0.449. The fourth-order valence-electron chi connectivity index (χ4n) is 3.76. The number of carbonyl (C=O) groups is 3. The van der Waals surface area contributed by atoms with Crippen molar-refractivity contribution in [3.05, 3.63) is 75.7 Å². The number of nitrogens with zero attached hydrogens (tertiary/aromatic N) is 1. The van der Waals surface area contributed by atoms with Crippen molar-refractivity contribution in [2.45, 2.75) is 26.3 Å². The number of benzene rings is 2. The highest BCUT2D eigenvalue weighted by Crippen LogP contribution is 2.44. The van der Waals surface area contributed by atoms with Gasteiger partial charge in [-0.15, -0.1) is 11.3 Å². The van der Waals surface area contributed by atoms with Crippen LogP contribution in [0, 0.1) is 5.41 Å². The van der Waals surface area contributed by atoms with Gasteiger partial charge in [-0.3, -0.25) is 9.59 Å². The van der Waals surface area contributed by atoms with E-state index in [1.165, 1.54) is 25.2 Å².